The molecule has 0 aliphatic rings. The molecular weight excluding hydrogens is 130 g/mol. The second kappa shape index (κ2) is 4.14. The maximum absolute atomic E-state index is 10.7. The van der Waals surface area contributed by atoms with Gasteiger partial charge in [0.2, 0.25) is 0 Å². The zero-order valence-corrected chi connectivity index (χ0v) is 6.97. The Labute approximate surface area is 63.2 Å². The van der Waals surface area contributed by atoms with Crippen molar-refractivity contribution in [2.75, 3.05) is 0 Å². The molecule has 0 aromatic heterocycles. The highest BCUT2D eigenvalue weighted by atomic mass is 16.6. The monoisotopic (exact) mass is 147 g/mol. The summed E-state index contributed by atoms with van der Waals surface area (Å²) in [5, 5.41) is 2.61. The lowest BCUT2D eigenvalue weighted by molar-refractivity contribution is 0.113. The van der Waals surface area contributed by atoms with E-state index in [1.54, 1.807) is 0 Å². The van der Waals surface area contributed by atoms with Crippen LogP contribution >= 0.6 is 0 Å². The van der Waals surface area contributed by atoms with Gasteiger partial charge in [-0.15, -0.1) is 0 Å². The molecule has 1 N–H and O–H groups in total. The SMILES string of the molecule is CC(C)NC(=O)OC(C)C.[HH]. The van der Waals surface area contributed by atoms with Crippen LogP contribution in [0.5, 0.6) is 0 Å². The van der Waals surface area contributed by atoms with Crippen molar-refractivity contribution in [3.63, 3.8) is 0 Å². The van der Waals surface area contributed by atoms with E-state index in [1.807, 2.05) is 27.7 Å². The molecule has 0 atom stereocenters. The lowest BCUT2D eigenvalue weighted by Crippen LogP contribution is -2.32. The minimum Gasteiger partial charge on any atom is -0.447 e. The van der Waals surface area contributed by atoms with Gasteiger partial charge in [-0.25, -0.2) is 4.79 Å². The van der Waals surface area contributed by atoms with E-state index in [1.165, 1.54) is 0 Å². The van der Waals surface area contributed by atoms with Crippen molar-refractivity contribution in [2.24, 2.45) is 0 Å². The first-order valence-corrected chi connectivity index (χ1v) is 3.49. The number of alkyl carbamates (subject to hydrolysis) is 1. The van der Waals surface area contributed by atoms with Crippen molar-refractivity contribution in [1.82, 2.24) is 5.32 Å². The van der Waals surface area contributed by atoms with Gasteiger partial charge in [0.1, 0.15) is 0 Å². The van der Waals surface area contributed by atoms with Crippen LogP contribution in [-0.2, 0) is 4.74 Å². The van der Waals surface area contributed by atoms with Gasteiger partial charge in [0.15, 0.2) is 0 Å². The van der Waals surface area contributed by atoms with Crippen molar-refractivity contribution in [2.45, 2.75) is 39.8 Å². The van der Waals surface area contributed by atoms with Crippen LogP contribution in [0, 0.1) is 0 Å². The molecule has 10 heavy (non-hydrogen) atoms. The van der Waals surface area contributed by atoms with Crippen LogP contribution in [0.25, 0.3) is 0 Å². The van der Waals surface area contributed by atoms with Crippen molar-refractivity contribution in [1.29, 1.82) is 0 Å². The highest BCUT2D eigenvalue weighted by molar-refractivity contribution is 5.67. The van der Waals surface area contributed by atoms with Gasteiger partial charge in [-0.1, -0.05) is 0 Å². The van der Waals surface area contributed by atoms with E-state index in [0.717, 1.165) is 0 Å². The van der Waals surface area contributed by atoms with Crippen molar-refractivity contribution >= 4 is 6.09 Å². The van der Waals surface area contributed by atoms with E-state index in [-0.39, 0.29) is 19.7 Å². The molecule has 3 nitrogen and oxygen atoms in total. The standard InChI is InChI=1S/C7H15NO2.H2/c1-5(2)8-7(9)10-6(3)4;/h5-6H,1-4H3,(H,8,9);1H. The van der Waals surface area contributed by atoms with Crippen molar-refractivity contribution in [3.8, 4) is 0 Å². The molecular formula is C7H17NO2. The molecule has 0 heterocycles. The molecule has 0 saturated heterocycles. The van der Waals surface area contributed by atoms with Crippen LogP contribution in [0.2, 0.25) is 0 Å². The third-order valence-corrected chi connectivity index (χ3v) is 0.749. The van der Waals surface area contributed by atoms with E-state index in [4.69, 9.17) is 4.74 Å². The van der Waals surface area contributed by atoms with E-state index in [2.05, 4.69) is 5.32 Å². The van der Waals surface area contributed by atoms with Gasteiger partial charge in [0, 0.05) is 7.47 Å². The Morgan fingerprint density at radius 1 is 1.40 bits per heavy atom. The Morgan fingerprint density at radius 2 is 1.90 bits per heavy atom. The van der Waals surface area contributed by atoms with Gasteiger partial charge < -0.3 is 10.1 Å². The molecule has 0 radical (unpaired) electrons. The summed E-state index contributed by atoms with van der Waals surface area (Å²) in [5.41, 5.74) is 0. The molecule has 1 amide bonds. The fraction of sp³-hybridized carbons (Fsp3) is 0.857. The normalized spacial score (nSPS) is 10.2. The number of carbonyl (C=O) groups is 1. The summed E-state index contributed by atoms with van der Waals surface area (Å²) in [5.74, 6) is 0. The fourth-order valence-electron chi connectivity index (χ4n) is 0.484. The number of amides is 1. The molecule has 0 aliphatic carbocycles. The quantitative estimate of drug-likeness (QED) is 0.646. The molecule has 0 spiro atoms. The summed E-state index contributed by atoms with van der Waals surface area (Å²) in [4.78, 5) is 10.7. The Balaban J connectivity index is 0. The Kier molecular flexibility index (Phi) is 3.84. The molecule has 0 unspecified atom stereocenters. The zero-order chi connectivity index (χ0) is 8.15. The summed E-state index contributed by atoms with van der Waals surface area (Å²) in [6.07, 6.45) is -0.385. The number of ether oxygens (including phenoxy) is 1. The minimum atomic E-state index is -0.343. The van der Waals surface area contributed by atoms with Crippen LogP contribution in [0.3, 0.4) is 0 Å². The Bertz CT molecular complexity index is 103. The number of hydrogen-bond donors (Lipinski definition) is 1. The second-order valence-electron chi connectivity index (χ2n) is 2.75. The lowest BCUT2D eigenvalue weighted by atomic mass is 10.4. The highest BCUT2D eigenvalue weighted by Gasteiger charge is 2.04. The zero-order valence-electron chi connectivity index (χ0n) is 6.97. The van der Waals surface area contributed by atoms with Crippen LogP contribution in [0.1, 0.15) is 29.1 Å². The van der Waals surface area contributed by atoms with Crippen LogP contribution < -0.4 is 5.32 Å². The summed E-state index contributed by atoms with van der Waals surface area (Å²) in [6.45, 7) is 7.42. The van der Waals surface area contributed by atoms with Gasteiger partial charge in [-0.05, 0) is 27.7 Å². The number of hydrogen-bond acceptors (Lipinski definition) is 2. The highest BCUT2D eigenvalue weighted by Crippen LogP contribution is 1.89. The van der Waals surface area contributed by atoms with E-state index in [0.29, 0.717) is 0 Å². The Hall–Kier alpha value is -0.730. The van der Waals surface area contributed by atoms with E-state index in [9.17, 15) is 4.79 Å². The van der Waals surface area contributed by atoms with Gasteiger partial charge in [-0.3, -0.25) is 0 Å². The third-order valence-electron chi connectivity index (χ3n) is 0.749. The van der Waals surface area contributed by atoms with Crippen LogP contribution in [-0.4, -0.2) is 18.2 Å². The first-order valence-electron chi connectivity index (χ1n) is 3.49. The summed E-state index contributed by atoms with van der Waals surface area (Å²) < 4.78 is 4.81. The second-order valence-corrected chi connectivity index (χ2v) is 2.75. The number of carbonyl (C=O) groups excluding carboxylic acids is 1. The minimum absolute atomic E-state index is 0. The van der Waals surface area contributed by atoms with Gasteiger partial charge >= 0.3 is 6.09 Å². The fourth-order valence-corrected chi connectivity index (χ4v) is 0.484. The maximum atomic E-state index is 10.7. The molecule has 0 bridgehead atoms. The molecule has 0 fully saturated rings. The van der Waals surface area contributed by atoms with E-state index >= 15 is 0 Å². The average molecular weight is 147 g/mol. The smallest absolute Gasteiger partial charge is 0.407 e. The lowest BCUT2D eigenvalue weighted by Gasteiger charge is -2.11. The topological polar surface area (TPSA) is 38.3 Å². The van der Waals surface area contributed by atoms with Crippen LogP contribution in [0.15, 0.2) is 0 Å². The predicted octanol–water partition coefficient (Wildman–Crippen LogP) is 1.78. The van der Waals surface area contributed by atoms with Gasteiger partial charge in [-0.2, -0.15) is 0 Å². The average Bonchev–Trinajstić information content (AvgIpc) is 1.58. The molecule has 0 rings (SSSR count). The summed E-state index contributed by atoms with van der Waals surface area (Å²) in [6, 6.07) is 0.145. The van der Waals surface area contributed by atoms with Crippen molar-refractivity contribution < 1.29 is 11.0 Å². The molecule has 0 aromatic carbocycles. The Morgan fingerprint density at radius 3 is 2.20 bits per heavy atom. The van der Waals surface area contributed by atoms with E-state index < -0.39 is 0 Å². The van der Waals surface area contributed by atoms with Gasteiger partial charge in [0.05, 0.1) is 6.10 Å². The molecule has 0 saturated carbocycles. The first-order chi connectivity index (χ1) is 4.52. The molecule has 0 aliphatic heterocycles. The first kappa shape index (κ1) is 9.27. The van der Waals surface area contributed by atoms with Crippen molar-refractivity contribution in [3.05, 3.63) is 0 Å². The summed E-state index contributed by atoms with van der Waals surface area (Å²) >= 11 is 0. The third kappa shape index (κ3) is 5.41. The predicted molar refractivity (Wildman–Crippen MR) is 42.0 cm³/mol. The maximum Gasteiger partial charge on any atom is 0.407 e. The molecule has 0 aromatic rings. The summed E-state index contributed by atoms with van der Waals surface area (Å²) in [7, 11) is 0. The number of rotatable bonds is 2. The van der Waals surface area contributed by atoms with Gasteiger partial charge in [0.25, 0.3) is 0 Å². The molecule has 3 heteroatoms. The largest absolute Gasteiger partial charge is 0.447 e. The molecule has 62 valence electrons. The van der Waals surface area contributed by atoms with Crippen LogP contribution in [0.4, 0.5) is 4.79 Å². The number of nitrogens with one attached hydrogen (secondary N) is 1.